The van der Waals surface area contributed by atoms with Crippen LogP contribution in [-0.2, 0) is 0 Å². The van der Waals surface area contributed by atoms with E-state index in [4.69, 9.17) is 14.7 Å². The summed E-state index contributed by atoms with van der Waals surface area (Å²) in [5, 5.41) is 8.91. The van der Waals surface area contributed by atoms with Crippen molar-refractivity contribution in [2.24, 2.45) is 5.92 Å². The average molecular weight is 245 g/mol. The summed E-state index contributed by atoms with van der Waals surface area (Å²) < 4.78 is 11.0. The van der Waals surface area contributed by atoms with Gasteiger partial charge in [-0.25, -0.2) is 0 Å². The lowest BCUT2D eigenvalue weighted by atomic mass is 9.96. The van der Waals surface area contributed by atoms with Gasteiger partial charge in [-0.15, -0.1) is 0 Å². The van der Waals surface area contributed by atoms with Crippen molar-refractivity contribution in [3.8, 4) is 17.6 Å². The Kier molecular flexibility index (Phi) is 3.83. The maximum Gasteiger partial charge on any atom is 0.180 e. The van der Waals surface area contributed by atoms with Crippen molar-refractivity contribution in [1.82, 2.24) is 0 Å². The Labute approximate surface area is 106 Å². The minimum absolute atomic E-state index is 0.157. The van der Waals surface area contributed by atoms with Gasteiger partial charge in [0.2, 0.25) is 0 Å². The number of carbonyl (C=O) groups is 1. The number of ether oxygens (including phenoxy) is 2. The molecule has 0 bridgehead atoms. The molecule has 0 aromatic heterocycles. The summed E-state index contributed by atoms with van der Waals surface area (Å²) in [4.78, 5) is 12.1. The SMILES string of the molecule is CCC(C#N)C(=O)c1ccc2c(c1)OCCCO2. The molecule has 0 aliphatic carbocycles. The van der Waals surface area contributed by atoms with Crippen LogP contribution in [0.3, 0.4) is 0 Å². The third-order valence-corrected chi connectivity index (χ3v) is 2.91. The molecule has 4 nitrogen and oxygen atoms in total. The molecule has 4 heteroatoms. The molecule has 0 N–H and O–H groups in total. The van der Waals surface area contributed by atoms with Gasteiger partial charge in [-0.05, 0) is 24.6 Å². The van der Waals surface area contributed by atoms with Crippen LogP contribution >= 0.6 is 0 Å². The van der Waals surface area contributed by atoms with Gasteiger partial charge < -0.3 is 9.47 Å². The maximum absolute atomic E-state index is 12.1. The van der Waals surface area contributed by atoms with E-state index in [1.54, 1.807) is 18.2 Å². The summed E-state index contributed by atoms with van der Waals surface area (Å²) in [7, 11) is 0. The normalized spacial score (nSPS) is 15.3. The minimum atomic E-state index is -0.588. The molecule has 0 saturated carbocycles. The fourth-order valence-electron chi connectivity index (χ4n) is 1.85. The second kappa shape index (κ2) is 5.54. The Balaban J connectivity index is 2.28. The molecule has 1 aromatic rings. The number of hydrogen-bond donors (Lipinski definition) is 0. The van der Waals surface area contributed by atoms with Gasteiger partial charge in [-0.1, -0.05) is 6.92 Å². The number of Topliss-reactive ketones (excluding diaryl/α,β-unsaturated/α-hetero) is 1. The zero-order valence-electron chi connectivity index (χ0n) is 10.3. The summed E-state index contributed by atoms with van der Waals surface area (Å²) in [5.74, 6) is 0.505. The van der Waals surface area contributed by atoms with E-state index in [0.29, 0.717) is 36.7 Å². The predicted octanol–water partition coefficient (Wildman–Crippen LogP) is 2.58. The third-order valence-electron chi connectivity index (χ3n) is 2.91. The Hall–Kier alpha value is -2.02. The van der Waals surface area contributed by atoms with E-state index in [0.717, 1.165) is 6.42 Å². The van der Waals surface area contributed by atoms with Crippen LogP contribution in [0, 0.1) is 17.2 Å². The van der Waals surface area contributed by atoms with Crippen molar-refractivity contribution in [3.05, 3.63) is 23.8 Å². The molecule has 94 valence electrons. The van der Waals surface area contributed by atoms with E-state index in [2.05, 4.69) is 0 Å². The highest BCUT2D eigenvalue weighted by molar-refractivity contribution is 5.99. The zero-order chi connectivity index (χ0) is 13.0. The monoisotopic (exact) mass is 245 g/mol. The lowest BCUT2D eigenvalue weighted by Gasteiger charge is -2.10. The highest BCUT2D eigenvalue weighted by Gasteiger charge is 2.20. The molecule has 1 heterocycles. The van der Waals surface area contributed by atoms with Crippen molar-refractivity contribution >= 4 is 5.78 Å². The Morgan fingerprint density at radius 1 is 1.39 bits per heavy atom. The summed E-state index contributed by atoms with van der Waals surface area (Å²) in [6.07, 6.45) is 1.34. The largest absolute Gasteiger partial charge is 0.490 e. The number of nitriles is 1. The highest BCUT2D eigenvalue weighted by atomic mass is 16.5. The van der Waals surface area contributed by atoms with E-state index in [-0.39, 0.29) is 5.78 Å². The van der Waals surface area contributed by atoms with Gasteiger partial charge in [-0.2, -0.15) is 5.26 Å². The standard InChI is InChI=1S/C14H15NO3/c1-2-10(9-15)14(16)11-4-5-12-13(8-11)18-7-3-6-17-12/h4-5,8,10H,2-3,6-7H2,1H3. The first-order chi connectivity index (χ1) is 8.76. The van der Waals surface area contributed by atoms with E-state index in [1.807, 2.05) is 13.0 Å². The van der Waals surface area contributed by atoms with Gasteiger partial charge in [0, 0.05) is 12.0 Å². The number of benzene rings is 1. The van der Waals surface area contributed by atoms with Crippen molar-refractivity contribution in [3.63, 3.8) is 0 Å². The number of nitrogens with zero attached hydrogens (tertiary/aromatic N) is 1. The van der Waals surface area contributed by atoms with Crippen LogP contribution in [-0.4, -0.2) is 19.0 Å². The predicted molar refractivity (Wildman–Crippen MR) is 65.8 cm³/mol. The molecule has 0 radical (unpaired) electrons. The van der Waals surface area contributed by atoms with Crippen molar-refractivity contribution in [2.75, 3.05) is 13.2 Å². The molecular weight excluding hydrogens is 230 g/mol. The summed E-state index contributed by atoms with van der Waals surface area (Å²) in [6, 6.07) is 7.11. The van der Waals surface area contributed by atoms with Crippen LogP contribution < -0.4 is 9.47 Å². The summed E-state index contributed by atoms with van der Waals surface area (Å²) in [5.41, 5.74) is 0.507. The number of ketones is 1. The van der Waals surface area contributed by atoms with Crippen LogP contribution in [0.1, 0.15) is 30.1 Å². The second-order valence-electron chi connectivity index (χ2n) is 4.17. The highest BCUT2D eigenvalue weighted by Crippen LogP contribution is 2.31. The van der Waals surface area contributed by atoms with Crippen LogP contribution in [0.15, 0.2) is 18.2 Å². The van der Waals surface area contributed by atoms with Crippen molar-refractivity contribution in [1.29, 1.82) is 5.26 Å². The van der Waals surface area contributed by atoms with E-state index >= 15 is 0 Å². The van der Waals surface area contributed by atoms with Gasteiger partial charge in [-0.3, -0.25) is 4.79 Å². The average Bonchev–Trinajstić information content (AvgIpc) is 2.64. The Morgan fingerprint density at radius 3 is 2.78 bits per heavy atom. The lowest BCUT2D eigenvalue weighted by molar-refractivity contribution is 0.0946. The first kappa shape index (κ1) is 12.4. The van der Waals surface area contributed by atoms with Crippen LogP contribution in [0.4, 0.5) is 0 Å². The molecular formula is C14H15NO3. The lowest BCUT2D eigenvalue weighted by Crippen LogP contribution is -2.12. The smallest absolute Gasteiger partial charge is 0.180 e. The molecule has 1 aliphatic heterocycles. The van der Waals surface area contributed by atoms with Gasteiger partial charge >= 0.3 is 0 Å². The fourth-order valence-corrected chi connectivity index (χ4v) is 1.85. The molecule has 1 unspecified atom stereocenters. The van der Waals surface area contributed by atoms with E-state index in [1.165, 1.54) is 0 Å². The van der Waals surface area contributed by atoms with Gasteiger partial charge in [0.05, 0.1) is 19.3 Å². The quantitative estimate of drug-likeness (QED) is 0.768. The molecule has 0 spiro atoms. The number of fused-ring (bicyclic) bond motifs is 1. The molecule has 1 aliphatic rings. The zero-order valence-corrected chi connectivity index (χ0v) is 10.3. The first-order valence-electron chi connectivity index (χ1n) is 6.09. The molecule has 0 saturated heterocycles. The number of carbonyl (C=O) groups excluding carboxylic acids is 1. The van der Waals surface area contributed by atoms with Crippen LogP contribution in [0.2, 0.25) is 0 Å². The fraction of sp³-hybridized carbons (Fsp3) is 0.429. The van der Waals surface area contributed by atoms with Gasteiger partial charge in [0.25, 0.3) is 0 Å². The van der Waals surface area contributed by atoms with Crippen LogP contribution in [0.5, 0.6) is 11.5 Å². The topological polar surface area (TPSA) is 59.3 Å². The van der Waals surface area contributed by atoms with Crippen LogP contribution in [0.25, 0.3) is 0 Å². The Morgan fingerprint density at radius 2 is 2.11 bits per heavy atom. The Bertz CT molecular complexity index is 490. The van der Waals surface area contributed by atoms with Crippen molar-refractivity contribution < 1.29 is 14.3 Å². The van der Waals surface area contributed by atoms with E-state index < -0.39 is 5.92 Å². The van der Waals surface area contributed by atoms with Crippen molar-refractivity contribution in [2.45, 2.75) is 19.8 Å². The van der Waals surface area contributed by atoms with Gasteiger partial charge in [0.1, 0.15) is 5.92 Å². The maximum atomic E-state index is 12.1. The second-order valence-corrected chi connectivity index (χ2v) is 4.17. The molecule has 1 atom stereocenters. The molecule has 0 amide bonds. The summed E-state index contributed by atoms with van der Waals surface area (Å²) in [6.45, 7) is 3.03. The first-order valence-corrected chi connectivity index (χ1v) is 6.09. The molecule has 2 rings (SSSR count). The molecule has 1 aromatic carbocycles. The van der Waals surface area contributed by atoms with Gasteiger partial charge in [0.15, 0.2) is 17.3 Å². The minimum Gasteiger partial charge on any atom is -0.490 e. The van der Waals surface area contributed by atoms with E-state index in [9.17, 15) is 4.79 Å². The third kappa shape index (κ3) is 2.45. The summed E-state index contributed by atoms with van der Waals surface area (Å²) >= 11 is 0. The number of hydrogen-bond acceptors (Lipinski definition) is 4. The number of rotatable bonds is 3. The molecule has 0 fully saturated rings. The molecule has 18 heavy (non-hydrogen) atoms.